The molecule has 4 aromatic carbocycles. The Hall–Kier alpha value is -4.12. The van der Waals surface area contributed by atoms with Crippen molar-refractivity contribution in [3.05, 3.63) is 138 Å². The summed E-state index contributed by atoms with van der Waals surface area (Å²) in [6, 6.07) is 35.4. The van der Waals surface area contributed by atoms with Crippen LogP contribution in [0.25, 0.3) is 21.8 Å². The van der Waals surface area contributed by atoms with E-state index in [4.69, 9.17) is 9.47 Å². The molecule has 0 bridgehead atoms. The summed E-state index contributed by atoms with van der Waals surface area (Å²) >= 11 is 0. The van der Waals surface area contributed by atoms with Crippen molar-refractivity contribution in [3.8, 4) is 17.2 Å². The lowest BCUT2D eigenvalue weighted by molar-refractivity contribution is 0.378. The first-order valence-corrected chi connectivity index (χ1v) is 13.4. The third-order valence-corrected chi connectivity index (χ3v) is 7.22. The summed E-state index contributed by atoms with van der Waals surface area (Å²) in [6.45, 7) is 0. The highest BCUT2D eigenvalue weighted by molar-refractivity contribution is 5.86. The van der Waals surface area contributed by atoms with Crippen molar-refractivity contribution in [2.75, 3.05) is 7.11 Å². The lowest BCUT2D eigenvalue weighted by atomic mass is 10.0. The largest absolute Gasteiger partial charge is 0.493 e. The van der Waals surface area contributed by atoms with E-state index in [1.54, 1.807) is 7.11 Å². The number of aryl methyl sites for hydroxylation is 4. The van der Waals surface area contributed by atoms with Crippen LogP contribution in [0.4, 0.5) is 0 Å². The molecule has 208 valence electrons. The maximum atomic E-state index is 6.30. The number of pyridine rings is 2. The molecule has 0 atom stereocenters. The number of para-hydroxylation sites is 2. The second-order valence-electron chi connectivity index (χ2n) is 9.71. The summed E-state index contributed by atoms with van der Waals surface area (Å²) in [7, 11) is 1.68. The Labute approximate surface area is 253 Å². The molecule has 0 unspecified atom stereocenters. The predicted molar refractivity (Wildman–Crippen MR) is 172 cm³/mol. The molecule has 6 heteroatoms. The van der Waals surface area contributed by atoms with E-state index in [0.29, 0.717) is 0 Å². The van der Waals surface area contributed by atoms with Crippen molar-refractivity contribution >= 4 is 46.6 Å². The molecule has 41 heavy (non-hydrogen) atoms. The Kier molecular flexibility index (Phi) is 10.2. The molecule has 0 radical (unpaired) electrons. The Morgan fingerprint density at radius 2 is 1.07 bits per heavy atom. The molecule has 6 rings (SSSR count). The molecule has 0 N–H and O–H groups in total. The van der Waals surface area contributed by atoms with Crippen LogP contribution in [0.5, 0.6) is 17.2 Å². The zero-order chi connectivity index (χ0) is 26.4. The molecule has 0 aliphatic carbocycles. The SMILES string of the molecule is COc1ccc(CCc2ccnc3ccccc23)cc1Oc1ccc(CCc2ccnc3ccccc23)cc1.Cl.Cl. The highest BCUT2D eigenvalue weighted by Crippen LogP contribution is 2.33. The minimum Gasteiger partial charge on any atom is -0.493 e. The molecular formula is C35H32Cl2N2O2. The normalized spacial score (nSPS) is 10.6. The number of aromatic nitrogens is 2. The van der Waals surface area contributed by atoms with Gasteiger partial charge in [0.15, 0.2) is 11.5 Å². The molecule has 2 aromatic heterocycles. The third-order valence-electron chi connectivity index (χ3n) is 7.22. The van der Waals surface area contributed by atoms with E-state index < -0.39 is 0 Å². The minimum absolute atomic E-state index is 0. The topological polar surface area (TPSA) is 44.2 Å². The van der Waals surface area contributed by atoms with Crippen molar-refractivity contribution < 1.29 is 9.47 Å². The van der Waals surface area contributed by atoms with E-state index in [-0.39, 0.29) is 24.8 Å². The van der Waals surface area contributed by atoms with Crippen molar-refractivity contribution in [1.29, 1.82) is 0 Å². The lowest BCUT2D eigenvalue weighted by Crippen LogP contribution is -1.97. The molecule has 0 saturated carbocycles. The average Bonchev–Trinajstić information content (AvgIpc) is 3.00. The van der Waals surface area contributed by atoms with Gasteiger partial charge in [0.25, 0.3) is 0 Å². The summed E-state index contributed by atoms with van der Waals surface area (Å²) < 4.78 is 11.9. The van der Waals surface area contributed by atoms with Gasteiger partial charge in [0.1, 0.15) is 5.75 Å². The smallest absolute Gasteiger partial charge is 0.169 e. The molecule has 0 aliphatic heterocycles. The van der Waals surface area contributed by atoms with Gasteiger partial charge in [-0.2, -0.15) is 0 Å². The third kappa shape index (κ3) is 6.97. The minimum atomic E-state index is 0. The van der Waals surface area contributed by atoms with Crippen LogP contribution < -0.4 is 9.47 Å². The maximum absolute atomic E-state index is 6.30. The molecule has 4 nitrogen and oxygen atoms in total. The fraction of sp³-hybridized carbons (Fsp3) is 0.143. The number of methoxy groups -OCH3 is 1. The number of hydrogen-bond donors (Lipinski definition) is 0. The highest BCUT2D eigenvalue weighted by Gasteiger charge is 2.10. The van der Waals surface area contributed by atoms with Crippen molar-refractivity contribution in [1.82, 2.24) is 9.97 Å². The average molecular weight is 584 g/mol. The Bertz CT molecular complexity index is 1730. The molecular weight excluding hydrogens is 551 g/mol. The number of halogens is 2. The number of ether oxygens (including phenoxy) is 2. The van der Waals surface area contributed by atoms with Crippen LogP contribution >= 0.6 is 24.8 Å². The van der Waals surface area contributed by atoms with E-state index in [2.05, 4.69) is 82.8 Å². The van der Waals surface area contributed by atoms with Gasteiger partial charge in [-0.25, -0.2) is 0 Å². The van der Waals surface area contributed by atoms with Crippen LogP contribution in [0.3, 0.4) is 0 Å². The van der Waals surface area contributed by atoms with E-state index in [1.165, 1.54) is 33.0 Å². The van der Waals surface area contributed by atoms with E-state index in [9.17, 15) is 0 Å². The van der Waals surface area contributed by atoms with Crippen LogP contribution in [-0.2, 0) is 25.7 Å². The summed E-state index contributed by atoms with van der Waals surface area (Å²) in [5, 5.41) is 2.44. The quantitative estimate of drug-likeness (QED) is 0.170. The highest BCUT2D eigenvalue weighted by atomic mass is 35.5. The van der Waals surface area contributed by atoms with Crippen LogP contribution in [0.15, 0.2) is 116 Å². The van der Waals surface area contributed by atoms with Gasteiger partial charge in [-0.15, -0.1) is 24.8 Å². The van der Waals surface area contributed by atoms with Gasteiger partial charge >= 0.3 is 0 Å². The zero-order valence-electron chi connectivity index (χ0n) is 22.8. The molecule has 2 heterocycles. The van der Waals surface area contributed by atoms with E-state index in [1.807, 2.05) is 42.7 Å². The van der Waals surface area contributed by atoms with Crippen molar-refractivity contribution in [2.24, 2.45) is 0 Å². The predicted octanol–water partition coefficient (Wildman–Crippen LogP) is 9.00. The Balaban J connectivity index is 0.00000194. The summed E-state index contributed by atoms with van der Waals surface area (Å²) in [4.78, 5) is 8.96. The summed E-state index contributed by atoms with van der Waals surface area (Å²) in [6.07, 6.45) is 7.54. The van der Waals surface area contributed by atoms with Crippen molar-refractivity contribution in [3.63, 3.8) is 0 Å². The fourth-order valence-corrected chi connectivity index (χ4v) is 5.11. The molecule has 0 saturated heterocycles. The van der Waals surface area contributed by atoms with Gasteiger partial charge in [-0.3, -0.25) is 9.97 Å². The van der Waals surface area contributed by atoms with Gasteiger partial charge in [0.05, 0.1) is 18.1 Å². The monoisotopic (exact) mass is 582 g/mol. The number of benzene rings is 4. The first-order chi connectivity index (χ1) is 19.3. The second kappa shape index (κ2) is 14.0. The number of fused-ring (bicyclic) bond motifs is 2. The van der Waals surface area contributed by atoms with Gasteiger partial charge in [0, 0.05) is 23.2 Å². The number of rotatable bonds is 9. The van der Waals surface area contributed by atoms with Crippen LogP contribution in [0, 0.1) is 0 Å². The van der Waals surface area contributed by atoms with E-state index in [0.717, 1.165) is 54.0 Å². The van der Waals surface area contributed by atoms with Gasteiger partial charge in [-0.05, 0) is 96.5 Å². The zero-order valence-corrected chi connectivity index (χ0v) is 24.5. The van der Waals surface area contributed by atoms with Crippen LogP contribution in [0.2, 0.25) is 0 Å². The standard InChI is InChI=1S/C35H30N2O2.2ClH/c1-38-34-19-14-26(11-16-28-21-23-37-33-9-5-3-7-31(28)33)24-35(34)39-29-17-12-25(13-18-29)10-15-27-20-22-36-32-8-4-2-6-30(27)32;;/h2-9,12-14,17-24H,10-11,15-16H2,1H3;2*1H. The van der Waals surface area contributed by atoms with Crippen molar-refractivity contribution in [2.45, 2.75) is 25.7 Å². The first kappa shape index (κ1) is 29.9. The maximum Gasteiger partial charge on any atom is 0.169 e. The first-order valence-electron chi connectivity index (χ1n) is 13.4. The Morgan fingerprint density at radius 1 is 0.537 bits per heavy atom. The van der Waals surface area contributed by atoms with Crippen LogP contribution in [0.1, 0.15) is 22.3 Å². The number of nitrogens with zero attached hydrogens (tertiary/aromatic N) is 2. The summed E-state index contributed by atoms with van der Waals surface area (Å²) in [5.41, 5.74) is 7.17. The molecule has 0 fully saturated rings. The Morgan fingerprint density at radius 3 is 1.66 bits per heavy atom. The molecule has 0 aliphatic rings. The molecule has 0 spiro atoms. The number of hydrogen-bond acceptors (Lipinski definition) is 4. The fourth-order valence-electron chi connectivity index (χ4n) is 5.11. The lowest BCUT2D eigenvalue weighted by Gasteiger charge is -2.13. The van der Waals surface area contributed by atoms with Gasteiger partial charge < -0.3 is 9.47 Å². The van der Waals surface area contributed by atoms with E-state index >= 15 is 0 Å². The van der Waals surface area contributed by atoms with Gasteiger partial charge in [-0.1, -0.05) is 54.6 Å². The second-order valence-corrected chi connectivity index (χ2v) is 9.71. The van der Waals surface area contributed by atoms with Crippen LogP contribution in [-0.4, -0.2) is 17.1 Å². The van der Waals surface area contributed by atoms with Gasteiger partial charge in [0.2, 0.25) is 0 Å². The summed E-state index contributed by atoms with van der Waals surface area (Å²) in [5.74, 6) is 2.25. The molecule has 6 aromatic rings. The molecule has 0 amide bonds.